The summed E-state index contributed by atoms with van der Waals surface area (Å²) in [5, 5.41) is 18.8. The standard InChI is InChI=1S/C19H20ClN7O2S/c1-10-3-2-4-12(20)14(10)23-16(29)13-9-22-19(30-13)27-18-25-15(11-5-6-11)24-17(26-18)21-7-8-28/h2-4,9,11,28H,5-8H2,1H3,(H,23,29)(H2,21,22,24,25,26,27). The lowest BCUT2D eigenvalue weighted by Gasteiger charge is -2.09. The van der Waals surface area contributed by atoms with Crippen molar-refractivity contribution in [2.75, 3.05) is 29.1 Å². The van der Waals surface area contributed by atoms with E-state index in [2.05, 4.69) is 35.9 Å². The van der Waals surface area contributed by atoms with Gasteiger partial charge in [-0.2, -0.15) is 15.0 Å². The number of aliphatic hydroxyl groups is 1. The van der Waals surface area contributed by atoms with E-state index in [4.69, 9.17) is 16.7 Å². The number of aryl methyl sites for hydroxylation is 1. The van der Waals surface area contributed by atoms with Crippen LogP contribution in [0.5, 0.6) is 0 Å². The molecule has 0 spiro atoms. The summed E-state index contributed by atoms with van der Waals surface area (Å²) in [6.45, 7) is 2.20. The average Bonchev–Trinajstić information content (AvgIpc) is 3.48. The number of carbonyl (C=O) groups excluding carboxylic acids is 1. The van der Waals surface area contributed by atoms with Crippen LogP contribution in [0.1, 0.15) is 39.8 Å². The SMILES string of the molecule is Cc1cccc(Cl)c1NC(=O)c1cnc(Nc2nc(NCCO)nc(C3CC3)n2)s1. The fourth-order valence-electron chi connectivity index (χ4n) is 2.72. The maximum atomic E-state index is 12.6. The van der Waals surface area contributed by atoms with Crippen LogP contribution >= 0.6 is 22.9 Å². The summed E-state index contributed by atoms with van der Waals surface area (Å²) < 4.78 is 0. The molecule has 1 aliphatic rings. The maximum Gasteiger partial charge on any atom is 0.267 e. The molecule has 4 rings (SSSR count). The molecule has 1 fully saturated rings. The van der Waals surface area contributed by atoms with Crippen molar-refractivity contribution < 1.29 is 9.90 Å². The molecule has 0 bridgehead atoms. The van der Waals surface area contributed by atoms with Crippen molar-refractivity contribution >= 4 is 51.6 Å². The Balaban J connectivity index is 1.49. The Morgan fingerprint density at radius 3 is 2.80 bits per heavy atom. The third-order valence-corrected chi connectivity index (χ3v) is 5.63. The van der Waals surface area contributed by atoms with Gasteiger partial charge in [0.15, 0.2) is 5.13 Å². The fourth-order valence-corrected chi connectivity index (χ4v) is 3.69. The molecule has 0 atom stereocenters. The first-order valence-electron chi connectivity index (χ1n) is 9.43. The number of carbonyl (C=O) groups is 1. The highest BCUT2D eigenvalue weighted by molar-refractivity contribution is 7.17. The lowest BCUT2D eigenvalue weighted by atomic mass is 10.2. The molecule has 0 saturated heterocycles. The number of nitrogens with one attached hydrogen (secondary N) is 3. The molecule has 0 aliphatic heterocycles. The lowest BCUT2D eigenvalue weighted by molar-refractivity contribution is 0.103. The van der Waals surface area contributed by atoms with Crippen molar-refractivity contribution in [3.63, 3.8) is 0 Å². The average molecular weight is 446 g/mol. The smallest absolute Gasteiger partial charge is 0.267 e. The van der Waals surface area contributed by atoms with Gasteiger partial charge in [0.25, 0.3) is 5.91 Å². The number of aliphatic hydroxyl groups excluding tert-OH is 1. The van der Waals surface area contributed by atoms with E-state index in [9.17, 15) is 4.79 Å². The van der Waals surface area contributed by atoms with Crippen molar-refractivity contribution in [3.8, 4) is 0 Å². The number of hydrogen-bond acceptors (Lipinski definition) is 9. The molecule has 0 radical (unpaired) electrons. The molecule has 0 unspecified atom stereocenters. The molecule has 2 heterocycles. The Labute approximate surface area is 182 Å². The number of hydrogen-bond donors (Lipinski definition) is 4. The number of thiazole rings is 1. The first-order valence-corrected chi connectivity index (χ1v) is 10.6. The van der Waals surface area contributed by atoms with Gasteiger partial charge in [-0.25, -0.2) is 4.98 Å². The topological polar surface area (TPSA) is 125 Å². The van der Waals surface area contributed by atoms with Crippen LogP contribution in [-0.4, -0.2) is 44.1 Å². The zero-order valence-electron chi connectivity index (χ0n) is 16.1. The molecule has 9 nitrogen and oxygen atoms in total. The third kappa shape index (κ3) is 4.84. The van der Waals surface area contributed by atoms with Crippen LogP contribution in [0.25, 0.3) is 0 Å². The van der Waals surface area contributed by atoms with Crippen LogP contribution in [0.4, 0.5) is 22.7 Å². The summed E-state index contributed by atoms with van der Waals surface area (Å²) in [5.74, 6) is 1.48. The van der Waals surface area contributed by atoms with Crippen LogP contribution in [0.15, 0.2) is 24.4 Å². The van der Waals surface area contributed by atoms with Crippen molar-refractivity contribution in [1.82, 2.24) is 19.9 Å². The molecule has 1 saturated carbocycles. The predicted octanol–water partition coefficient (Wildman–Crippen LogP) is 3.57. The zero-order chi connectivity index (χ0) is 21.1. The van der Waals surface area contributed by atoms with Crippen molar-refractivity contribution in [3.05, 3.63) is 45.7 Å². The number of para-hydroxylation sites is 1. The van der Waals surface area contributed by atoms with E-state index in [0.717, 1.165) is 18.4 Å². The number of amides is 1. The number of halogens is 1. The van der Waals surface area contributed by atoms with Gasteiger partial charge >= 0.3 is 0 Å². The first kappa shape index (κ1) is 20.5. The second-order valence-corrected chi connectivity index (χ2v) is 8.24. The molecule has 156 valence electrons. The van der Waals surface area contributed by atoms with Crippen molar-refractivity contribution in [2.45, 2.75) is 25.7 Å². The van der Waals surface area contributed by atoms with E-state index in [-0.39, 0.29) is 12.5 Å². The van der Waals surface area contributed by atoms with Crippen molar-refractivity contribution in [1.29, 1.82) is 0 Å². The van der Waals surface area contributed by atoms with Gasteiger partial charge in [-0.05, 0) is 31.4 Å². The van der Waals surface area contributed by atoms with E-state index < -0.39 is 0 Å². The second kappa shape index (κ2) is 8.90. The Kier molecular flexibility index (Phi) is 6.07. The highest BCUT2D eigenvalue weighted by Crippen LogP contribution is 2.38. The Morgan fingerprint density at radius 2 is 2.07 bits per heavy atom. The first-order chi connectivity index (χ1) is 14.5. The zero-order valence-corrected chi connectivity index (χ0v) is 17.7. The molecule has 1 amide bonds. The monoisotopic (exact) mass is 445 g/mol. The lowest BCUT2D eigenvalue weighted by Crippen LogP contribution is -2.12. The molecule has 1 aliphatic carbocycles. The van der Waals surface area contributed by atoms with Crippen LogP contribution in [0, 0.1) is 6.92 Å². The van der Waals surface area contributed by atoms with Crippen LogP contribution in [0.2, 0.25) is 5.02 Å². The quantitative estimate of drug-likeness (QED) is 0.414. The van der Waals surface area contributed by atoms with Crippen LogP contribution < -0.4 is 16.0 Å². The number of aromatic nitrogens is 4. The van der Waals surface area contributed by atoms with Gasteiger partial charge in [0.1, 0.15) is 10.7 Å². The van der Waals surface area contributed by atoms with E-state index in [1.807, 2.05) is 19.1 Å². The van der Waals surface area contributed by atoms with E-state index in [1.165, 1.54) is 17.5 Å². The summed E-state index contributed by atoms with van der Waals surface area (Å²) in [4.78, 5) is 30.4. The normalized spacial score (nSPS) is 13.2. The Bertz CT molecular complexity index is 1050. The van der Waals surface area contributed by atoms with Gasteiger partial charge < -0.3 is 15.7 Å². The fraction of sp³-hybridized carbons (Fsp3) is 0.316. The van der Waals surface area contributed by atoms with Gasteiger partial charge in [0.05, 0.1) is 23.5 Å². The van der Waals surface area contributed by atoms with Gasteiger partial charge in [0, 0.05) is 12.5 Å². The minimum Gasteiger partial charge on any atom is -0.395 e. The molecule has 11 heteroatoms. The van der Waals surface area contributed by atoms with Crippen LogP contribution in [-0.2, 0) is 0 Å². The van der Waals surface area contributed by atoms with Crippen molar-refractivity contribution in [2.24, 2.45) is 0 Å². The molecule has 2 aromatic heterocycles. The van der Waals surface area contributed by atoms with Crippen LogP contribution in [0.3, 0.4) is 0 Å². The summed E-state index contributed by atoms with van der Waals surface area (Å²) in [6.07, 6.45) is 3.58. The Hall–Kier alpha value is -2.82. The summed E-state index contributed by atoms with van der Waals surface area (Å²) in [6, 6.07) is 5.43. The molecule has 3 aromatic rings. The highest BCUT2D eigenvalue weighted by Gasteiger charge is 2.28. The van der Waals surface area contributed by atoms with Gasteiger partial charge in [-0.15, -0.1) is 0 Å². The molecule has 30 heavy (non-hydrogen) atoms. The highest BCUT2D eigenvalue weighted by atomic mass is 35.5. The largest absolute Gasteiger partial charge is 0.395 e. The molecular weight excluding hydrogens is 426 g/mol. The number of nitrogens with zero attached hydrogens (tertiary/aromatic N) is 4. The minimum absolute atomic E-state index is 0.0247. The summed E-state index contributed by atoms with van der Waals surface area (Å²) in [7, 11) is 0. The maximum absolute atomic E-state index is 12.6. The number of benzene rings is 1. The van der Waals surface area contributed by atoms with E-state index in [1.54, 1.807) is 6.07 Å². The minimum atomic E-state index is -0.295. The van der Waals surface area contributed by atoms with E-state index in [0.29, 0.717) is 50.9 Å². The third-order valence-electron chi connectivity index (χ3n) is 4.40. The molecule has 1 aromatic carbocycles. The number of anilines is 4. The van der Waals surface area contributed by atoms with E-state index >= 15 is 0 Å². The van der Waals surface area contributed by atoms with Gasteiger partial charge in [-0.1, -0.05) is 35.1 Å². The molecular formula is C19H20ClN7O2S. The number of rotatable bonds is 8. The molecule has 4 N–H and O–H groups in total. The summed E-state index contributed by atoms with van der Waals surface area (Å²) >= 11 is 7.37. The predicted molar refractivity (Wildman–Crippen MR) is 117 cm³/mol. The van der Waals surface area contributed by atoms with Gasteiger partial charge in [-0.3, -0.25) is 10.1 Å². The van der Waals surface area contributed by atoms with Gasteiger partial charge in [0.2, 0.25) is 11.9 Å². The Morgan fingerprint density at radius 1 is 1.27 bits per heavy atom. The summed E-state index contributed by atoms with van der Waals surface area (Å²) in [5.41, 5.74) is 1.46. The second-order valence-electron chi connectivity index (χ2n) is 6.81.